The molecule has 0 aliphatic heterocycles. The van der Waals surface area contributed by atoms with Gasteiger partial charge in [-0.3, -0.25) is 4.79 Å². The molecule has 0 aliphatic carbocycles. The minimum Gasteiger partial charge on any atom is -0.433 e. The standard InChI is InChI=1S/C12H24O5/c1-2-3-4-5-6-7-8-11(15)17-12(16)10(14)9-13/h10,12-14,16H,2-9H2,1H3. The largest absolute Gasteiger partial charge is 0.433 e. The summed E-state index contributed by atoms with van der Waals surface area (Å²) in [4.78, 5) is 11.2. The molecule has 17 heavy (non-hydrogen) atoms. The van der Waals surface area contributed by atoms with E-state index in [9.17, 15) is 4.79 Å². The molecule has 0 spiro atoms. The summed E-state index contributed by atoms with van der Waals surface area (Å²) in [5.74, 6) is -0.541. The Balaban J connectivity index is 3.46. The molecule has 3 N–H and O–H groups in total. The zero-order chi connectivity index (χ0) is 13.1. The van der Waals surface area contributed by atoms with Crippen LogP contribution in [-0.2, 0) is 9.53 Å². The molecule has 0 amide bonds. The monoisotopic (exact) mass is 248 g/mol. The highest BCUT2D eigenvalue weighted by molar-refractivity contribution is 5.69. The van der Waals surface area contributed by atoms with E-state index in [1.54, 1.807) is 0 Å². The van der Waals surface area contributed by atoms with Gasteiger partial charge in [-0.1, -0.05) is 39.0 Å². The highest BCUT2D eigenvalue weighted by atomic mass is 16.6. The Morgan fingerprint density at radius 3 is 2.29 bits per heavy atom. The maximum Gasteiger partial charge on any atom is 0.308 e. The van der Waals surface area contributed by atoms with Crippen LogP contribution in [-0.4, -0.2) is 40.3 Å². The Morgan fingerprint density at radius 1 is 1.12 bits per heavy atom. The van der Waals surface area contributed by atoms with Gasteiger partial charge in [0.1, 0.15) is 6.10 Å². The van der Waals surface area contributed by atoms with Gasteiger partial charge in [0, 0.05) is 6.42 Å². The quantitative estimate of drug-likeness (QED) is 0.304. The van der Waals surface area contributed by atoms with Gasteiger partial charge in [0.25, 0.3) is 0 Å². The Hall–Kier alpha value is -0.650. The first-order valence-electron chi connectivity index (χ1n) is 6.28. The SMILES string of the molecule is CCCCCCCCC(=O)OC(O)C(O)CO. The Bertz CT molecular complexity index is 195. The van der Waals surface area contributed by atoms with E-state index in [1.807, 2.05) is 0 Å². The van der Waals surface area contributed by atoms with Gasteiger partial charge in [0.05, 0.1) is 6.61 Å². The van der Waals surface area contributed by atoms with Crippen molar-refractivity contribution in [3.8, 4) is 0 Å². The molecule has 5 heteroatoms. The first-order chi connectivity index (χ1) is 8.11. The van der Waals surface area contributed by atoms with Crippen molar-refractivity contribution < 1.29 is 24.9 Å². The van der Waals surface area contributed by atoms with Crippen molar-refractivity contribution >= 4 is 5.97 Å². The molecular formula is C12H24O5. The predicted molar refractivity (Wildman–Crippen MR) is 63.2 cm³/mol. The summed E-state index contributed by atoms with van der Waals surface area (Å²) in [6.07, 6.45) is 3.55. The molecule has 0 aromatic carbocycles. The van der Waals surface area contributed by atoms with Crippen LogP contribution in [0.15, 0.2) is 0 Å². The highest BCUT2D eigenvalue weighted by Gasteiger charge is 2.19. The summed E-state index contributed by atoms with van der Waals surface area (Å²) < 4.78 is 4.54. The number of rotatable bonds is 10. The minimum atomic E-state index is -1.63. The van der Waals surface area contributed by atoms with Crippen LogP contribution in [0.2, 0.25) is 0 Å². The van der Waals surface area contributed by atoms with Crippen LogP contribution in [0.1, 0.15) is 51.9 Å². The first-order valence-corrected chi connectivity index (χ1v) is 6.28. The number of ether oxygens (including phenoxy) is 1. The van der Waals surface area contributed by atoms with Crippen molar-refractivity contribution in [2.24, 2.45) is 0 Å². The lowest BCUT2D eigenvalue weighted by atomic mass is 10.1. The molecule has 0 saturated carbocycles. The van der Waals surface area contributed by atoms with E-state index < -0.39 is 25.0 Å². The molecule has 102 valence electrons. The number of hydrogen-bond acceptors (Lipinski definition) is 5. The van der Waals surface area contributed by atoms with E-state index >= 15 is 0 Å². The van der Waals surface area contributed by atoms with Gasteiger partial charge in [-0.15, -0.1) is 0 Å². The third kappa shape index (κ3) is 9.09. The summed E-state index contributed by atoms with van der Waals surface area (Å²) in [7, 11) is 0. The zero-order valence-electron chi connectivity index (χ0n) is 10.5. The fourth-order valence-corrected chi connectivity index (χ4v) is 1.41. The van der Waals surface area contributed by atoms with E-state index in [1.165, 1.54) is 19.3 Å². The number of aliphatic hydroxyl groups excluding tert-OH is 3. The molecule has 2 unspecified atom stereocenters. The molecule has 0 aromatic rings. The number of unbranched alkanes of at least 4 members (excludes halogenated alkanes) is 5. The van der Waals surface area contributed by atoms with Crippen molar-refractivity contribution in [2.45, 2.75) is 64.3 Å². The van der Waals surface area contributed by atoms with Crippen molar-refractivity contribution in [1.82, 2.24) is 0 Å². The van der Waals surface area contributed by atoms with E-state index in [4.69, 9.17) is 15.3 Å². The van der Waals surface area contributed by atoms with Crippen molar-refractivity contribution in [3.05, 3.63) is 0 Å². The van der Waals surface area contributed by atoms with Gasteiger partial charge < -0.3 is 20.1 Å². The molecule has 0 heterocycles. The number of hydrogen-bond donors (Lipinski definition) is 3. The Labute approximate surface area is 102 Å². The van der Waals surface area contributed by atoms with Crippen molar-refractivity contribution in [2.75, 3.05) is 6.61 Å². The second kappa shape index (κ2) is 10.5. The smallest absolute Gasteiger partial charge is 0.308 e. The minimum absolute atomic E-state index is 0.237. The van der Waals surface area contributed by atoms with Gasteiger partial charge in [-0.2, -0.15) is 0 Å². The molecule has 2 atom stereocenters. The summed E-state index contributed by atoms with van der Waals surface area (Å²) in [5, 5.41) is 26.6. The molecule has 0 fully saturated rings. The second-order valence-corrected chi connectivity index (χ2v) is 4.15. The lowest BCUT2D eigenvalue weighted by Gasteiger charge is -2.15. The van der Waals surface area contributed by atoms with Gasteiger partial charge in [-0.25, -0.2) is 0 Å². The molecule has 5 nitrogen and oxygen atoms in total. The Morgan fingerprint density at radius 2 is 1.71 bits per heavy atom. The summed E-state index contributed by atoms with van der Waals surface area (Å²) in [5.41, 5.74) is 0. The maximum absolute atomic E-state index is 11.2. The fourth-order valence-electron chi connectivity index (χ4n) is 1.41. The van der Waals surface area contributed by atoms with E-state index in [-0.39, 0.29) is 6.42 Å². The zero-order valence-corrected chi connectivity index (χ0v) is 10.5. The van der Waals surface area contributed by atoms with Gasteiger partial charge >= 0.3 is 5.97 Å². The summed E-state index contributed by atoms with van der Waals surface area (Å²) >= 11 is 0. The maximum atomic E-state index is 11.2. The van der Waals surface area contributed by atoms with Crippen LogP contribution in [0.3, 0.4) is 0 Å². The summed E-state index contributed by atoms with van der Waals surface area (Å²) in [6, 6.07) is 0. The number of carbonyl (C=O) groups is 1. The molecule has 0 aromatic heterocycles. The number of carbonyl (C=O) groups excluding carboxylic acids is 1. The number of esters is 1. The molecule has 0 bridgehead atoms. The van der Waals surface area contributed by atoms with Crippen molar-refractivity contribution in [3.63, 3.8) is 0 Å². The third-order valence-electron chi connectivity index (χ3n) is 2.50. The topological polar surface area (TPSA) is 87.0 Å². The average molecular weight is 248 g/mol. The van der Waals surface area contributed by atoms with E-state index in [0.29, 0.717) is 0 Å². The lowest BCUT2D eigenvalue weighted by molar-refractivity contribution is -0.190. The van der Waals surface area contributed by atoms with Crippen LogP contribution in [0.4, 0.5) is 0 Å². The van der Waals surface area contributed by atoms with Crippen LogP contribution in [0, 0.1) is 0 Å². The van der Waals surface area contributed by atoms with Gasteiger partial charge in [-0.05, 0) is 6.42 Å². The molecule has 0 saturated heterocycles. The first kappa shape index (κ1) is 16.4. The van der Waals surface area contributed by atoms with Crippen LogP contribution < -0.4 is 0 Å². The van der Waals surface area contributed by atoms with Crippen LogP contribution in [0.25, 0.3) is 0 Å². The molecular weight excluding hydrogens is 224 g/mol. The predicted octanol–water partition coefficient (Wildman–Crippen LogP) is 0.952. The van der Waals surface area contributed by atoms with E-state index in [0.717, 1.165) is 19.3 Å². The average Bonchev–Trinajstić information content (AvgIpc) is 2.32. The number of aliphatic hydroxyl groups is 3. The van der Waals surface area contributed by atoms with Crippen LogP contribution >= 0.6 is 0 Å². The van der Waals surface area contributed by atoms with E-state index in [2.05, 4.69) is 11.7 Å². The Kier molecular flexibility index (Phi) is 10.1. The second-order valence-electron chi connectivity index (χ2n) is 4.15. The van der Waals surface area contributed by atoms with Crippen molar-refractivity contribution in [1.29, 1.82) is 0 Å². The molecule has 0 aliphatic rings. The highest BCUT2D eigenvalue weighted by Crippen LogP contribution is 2.08. The third-order valence-corrected chi connectivity index (χ3v) is 2.50. The lowest BCUT2D eigenvalue weighted by Crippen LogP contribution is -2.33. The van der Waals surface area contributed by atoms with Crippen LogP contribution in [0.5, 0.6) is 0 Å². The van der Waals surface area contributed by atoms with Gasteiger partial charge in [0.15, 0.2) is 0 Å². The molecule has 0 rings (SSSR count). The fraction of sp³-hybridized carbons (Fsp3) is 0.917. The summed E-state index contributed by atoms with van der Waals surface area (Å²) in [6.45, 7) is 1.51. The van der Waals surface area contributed by atoms with Gasteiger partial charge in [0.2, 0.25) is 6.29 Å². The normalized spacial score (nSPS) is 14.4. The molecule has 0 radical (unpaired) electrons.